The van der Waals surface area contributed by atoms with E-state index in [-0.39, 0.29) is 23.4 Å². The summed E-state index contributed by atoms with van der Waals surface area (Å²) in [5, 5.41) is 2.75. The number of carbonyl (C=O) groups is 1. The van der Waals surface area contributed by atoms with Crippen LogP contribution in [-0.4, -0.2) is 15.9 Å². The van der Waals surface area contributed by atoms with Crippen molar-refractivity contribution in [2.45, 2.75) is 12.8 Å². The molecule has 0 bridgehead atoms. The Morgan fingerprint density at radius 1 is 1.12 bits per heavy atom. The molecule has 1 aromatic heterocycles. The molecule has 0 saturated heterocycles. The number of halogens is 2. The van der Waals surface area contributed by atoms with Crippen LogP contribution in [0.5, 0.6) is 11.8 Å². The average Bonchev–Trinajstić information content (AvgIpc) is 2.65. The third-order valence-corrected chi connectivity index (χ3v) is 3.78. The zero-order valence-corrected chi connectivity index (χ0v) is 14.4. The molecular formula is C19H15ClFN3O2. The van der Waals surface area contributed by atoms with Gasteiger partial charge in [-0.2, -0.15) is 0 Å². The lowest BCUT2D eigenvalue weighted by atomic mass is 10.1. The molecule has 0 aliphatic rings. The van der Waals surface area contributed by atoms with Crippen molar-refractivity contribution in [3.05, 3.63) is 77.3 Å². The Bertz CT molecular complexity index is 889. The van der Waals surface area contributed by atoms with Crippen LogP contribution in [0.2, 0.25) is 5.02 Å². The van der Waals surface area contributed by atoms with Gasteiger partial charge in [0, 0.05) is 6.42 Å². The maximum Gasteiger partial charge on any atom is 0.322 e. The van der Waals surface area contributed by atoms with Crippen LogP contribution < -0.4 is 10.1 Å². The Labute approximate surface area is 154 Å². The standard InChI is InChI=1S/C19H15ClFN3O2/c20-16-10-13(6-8-17(16)21)7-9-18(25)24-14-11-22-19(23-12-14)26-15-4-2-1-3-5-15/h1-6,8,10-12H,7,9H2,(H,24,25). The highest BCUT2D eigenvalue weighted by Crippen LogP contribution is 2.18. The fourth-order valence-electron chi connectivity index (χ4n) is 2.20. The Morgan fingerprint density at radius 3 is 2.54 bits per heavy atom. The smallest absolute Gasteiger partial charge is 0.322 e. The Balaban J connectivity index is 1.51. The molecule has 0 spiro atoms. The lowest BCUT2D eigenvalue weighted by molar-refractivity contribution is -0.116. The minimum Gasteiger partial charge on any atom is -0.424 e. The molecule has 1 heterocycles. The van der Waals surface area contributed by atoms with E-state index in [0.29, 0.717) is 17.9 Å². The van der Waals surface area contributed by atoms with Crippen LogP contribution >= 0.6 is 11.6 Å². The summed E-state index contributed by atoms with van der Waals surface area (Å²) in [6, 6.07) is 13.8. The van der Waals surface area contributed by atoms with E-state index in [2.05, 4.69) is 15.3 Å². The van der Waals surface area contributed by atoms with Crippen molar-refractivity contribution >= 4 is 23.2 Å². The molecule has 3 rings (SSSR count). The fraction of sp³-hybridized carbons (Fsp3) is 0.105. The minimum absolute atomic E-state index is 0.0466. The van der Waals surface area contributed by atoms with Gasteiger partial charge in [-0.05, 0) is 36.2 Å². The summed E-state index contributed by atoms with van der Waals surface area (Å²) >= 11 is 5.73. The van der Waals surface area contributed by atoms with E-state index in [1.54, 1.807) is 18.2 Å². The summed E-state index contributed by atoms with van der Waals surface area (Å²) < 4.78 is 18.6. The largest absolute Gasteiger partial charge is 0.424 e. The predicted molar refractivity (Wildman–Crippen MR) is 96.9 cm³/mol. The molecule has 0 fully saturated rings. The van der Waals surface area contributed by atoms with Crippen LogP contribution in [0.4, 0.5) is 10.1 Å². The highest BCUT2D eigenvalue weighted by Gasteiger charge is 2.07. The van der Waals surface area contributed by atoms with Gasteiger partial charge in [-0.1, -0.05) is 35.9 Å². The molecule has 0 unspecified atom stereocenters. The van der Waals surface area contributed by atoms with E-state index in [4.69, 9.17) is 16.3 Å². The minimum atomic E-state index is -0.477. The molecular weight excluding hydrogens is 357 g/mol. The molecule has 2 aromatic carbocycles. The van der Waals surface area contributed by atoms with Crippen molar-refractivity contribution in [2.24, 2.45) is 0 Å². The normalized spacial score (nSPS) is 10.4. The van der Waals surface area contributed by atoms with Crippen molar-refractivity contribution in [3.8, 4) is 11.8 Å². The second-order valence-electron chi connectivity index (χ2n) is 5.47. The molecule has 0 radical (unpaired) electrons. The van der Waals surface area contributed by atoms with Crippen LogP contribution in [0.25, 0.3) is 0 Å². The molecule has 132 valence electrons. The number of nitrogens with zero attached hydrogens (tertiary/aromatic N) is 2. The lowest BCUT2D eigenvalue weighted by Crippen LogP contribution is -2.12. The Morgan fingerprint density at radius 2 is 1.85 bits per heavy atom. The van der Waals surface area contributed by atoms with E-state index in [9.17, 15) is 9.18 Å². The molecule has 7 heteroatoms. The summed E-state index contributed by atoms with van der Waals surface area (Å²) in [5.74, 6) is -0.0529. The van der Waals surface area contributed by atoms with Crippen molar-refractivity contribution in [3.63, 3.8) is 0 Å². The number of nitrogens with one attached hydrogen (secondary N) is 1. The van der Waals surface area contributed by atoms with E-state index in [1.807, 2.05) is 18.2 Å². The van der Waals surface area contributed by atoms with Gasteiger partial charge in [-0.25, -0.2) is 14.4 Å². The number of anilines is 1. The number of carbonyl (C=O) groups excluding carboxylic acids is 1. The molecule has 0 saturated carbocycles. The lowest BCUT2D eigenvalue weighted by Gasteiger charge is -2.07. The fourth-order valence-corrected chi connectivity index (χ4v) is 2.41. The van der Waals surface area contributed by atoms with Crippen LogP contribution in [0.1, 0.15) is 12.0 Å². The van der Waals surface area contributed by atoms with Gasteiger partial charge in [0.15, 0.2) is 0 Å². The third-order valence-electron chi connectivity index (χ3n) is 3.49. The number of aryl methyl sites for hydroxylation is 1. The van der Waals surface area contributed by atoms with Crippen LogP contribution in [0, 0.1) is 5.82 Å². The molecule has 1 N–H and O–H groups in total. The molecule has 0 atom stereocenters. The number of hydrogen-bond acceptors (Lipinski definition) is 4. The highest BCUT2D eigenvalue weighted by molar-refractivity contribution is 6.30. The van der Waals surface area contributed by atoms with Gasteiger partial charge in [0.05, 0.1) is 23.1 Å². The summed E-state index contributed by atoms with van der Waals surface area (Å²) in [4.78, 5) is 20.1. The van der Waals surface area contributed by atoms with Gasteiger partial charge < -0.3 is 10.1 Å². The predicted octanol–water partition coefficient (Wildman–Crippen LogP) is 4.63. The SMILES string of the molecule is O=C(CCc1ccc(F)c(Cl)c1)Nc1cnc(Oc2ccccc2)nc1. The Kier molecular flexibility index (Phi) is 5.76. The quantitative estimate of drug-likeness (QED) is 0.686. The zero-order valence-electron chi connectivity index (χ0n) is 13.7. The zero-order chi connectivity index (χ0) is 18.4. The van der Waals surface area contributed by atoms with Gasteiger partial charge >= 0.3 is 6.01 Å². The van der Waals surface area contributed by atoms with Gasteiger partial charge in [0.2, 0.25) is 5.91 Å². The maximum absolute atomic E-state index is 13.1. The number of hydrogen-bond donors (Lipinski definition) is 1. The van der Waals surface area contributed by atoms with Gasteiger partial charge in [0.1, 0.15) is 11.6 Å². The molecule has 0 aliphatic carbocycles. The average molecular weight is 372 g/mol. The summed E-state index contributed by atoms with van der Waals surface area (Å²) in [7, 11) is 0. The topological polar surface area (TPSA) is 64.1 Å². The molecule has 1 amide bonds. The Hall–Kier alpha value is -2.99. The van der Waals surface area contributed by atoms with Gasteiger partial charge in [-0.3, -0.25) is 4.79 Å². The number of para-hydroxylation sites is 1. The summed E-state index contributed by atoms with van der Waals surface area (Å²) in [6.45, 7) is 0. The number of aromatic nitrogens is 2. The summed E-state index contributed by atoms with van der Waals surface area (Å²) in [5.41, 5.74) is 1.25. The maximum atomic E-state index is 13.1. The monoisotopic (exact) mass is 371 g/mol. The van der Waals surface area contributed by atoms with Crippen LogP contribution in [-0.2, 0) is 11.2 Å². The van der Waals surface area contributed by atoms with Crippen molar-refractivity contribution < 1.29 is 13.9 Å². The molecule has 3 aromatic rings. The van der Waals surface area contributed by atoms with E-state index < -0.39 is 5.82 Å². The van der Waals surface area contributed by atoms with Gasteiger partial charge in [-0.15, -0.1) is 0 Å². The second kappa shape index (κ2) is 8.40. The first-order valence-electron chi connectivity index (χ1n) is 7.89. The third kappa shape index (κ3) is 5.00. The number of rotatable bonds is 6. The first kappa shape index (κ1) is 17.8. The second-order valence-corrected chi connectivity index (χ2v) is 5.87. The first-order valence-corrected chi connectivity index (χ1v) is 8.27. The molecule has 26 heavy (non-hydrogen) atoms. The molecule has 5 nitrogen and oxygen atoms in total. The van der Waals surface area contributed by atoms with E-state index in [1.165, 1.54) is 24.5 Å². The van der Waals surface area contributed by atoms with Crippen LogP contribution in [0.15, 0.2) is 60.9 Å². The van der Waals surface area contributed by atoms with E-state index >= 15 is 0 Å². The number of ether oxygens (including phenoxy) is 1. The van der Waals surface area contributed by atoms with Crippen molar-refractivity contribution in [2.75, 3.05) is 5.32 Å². The number of amides is 1. The van der Waals surface area contributed by atoms with Gasteiger partial charge in [0.25, 0.3) is 0 Å². The van der Waals surface area contributed by atoms with E-state index in [0.717, 1.165) is 5.56 Å². The van der Waals surface area contributed by atoms with Crippen molar-refractivity contribution in [1.82, 2.24) is 9.97 Å². The molecule has 0 aliphatic heterocycles. The first-order chi connectivity index (χ1) is 12.6. The van der Waals surface area contributed by atoms with Crippen molar-refractivity contribution in [1.29, 1.82) is 0 Å². The van der Waals surface area contributed by atoms with Crippen LogP contribution in [0.3, 0.4) is 0 Å². The highest BCUT2D eigenvalue weighted by atomic mass is 35.5. The summed E-state index contributed by atoms with van der Waals surface area (Å²) in [6.07, 6.45) is 3.61. The number of benzene rings is 2.